The summed E-state index contributed by atoms with van der Waals surface area (Å²) in [4.78, 5) is 0. The van der Waals surface area contributed by atoms with E-state index in [1.807, 2.05) is 6.07 Å². The van der Waals surface area contributed by atoms with Gasteiger partial charge in [-0.25, -0.2) is 8.42 Å². The average molecular weight is 361 g/mol. The Hall–Kier alpha value is -1.90. The number of halogens is 3. The molecule has 0 unspecified atom stereocenters. The van der Waals surface area contributed by atoms with Gasteiger partial charge < -0.3 is 4.55 Å². The molecule has 2 rings (SSSR count). The topological polar surface area (TPSA) is 73.8 Å². The second-order valence-electron chi connectivity index (χ2n) is 5.27. The molecule has 0 saturated carbocycles. The van der Waals surface area contributed by atoms with Gasteiger partial charge in [-0.3, -0.25) is 5.32 Å². The highest BCUT2D eigenvalue weighted by Gasteiger charge is 2.36. The lowest BCUT2D eigenvalue weighted by atomic mass is 10.0. The monoisotopic (exact) mass is 361 g/mol. The molecule has 0 spiro atoms. The molecular formula is C16H18F3NO3S. The van der Waals surface area contributed by atoms with Crippen LogP contribution in [0.15, 0.2) is 42.5 Å². The molecule has 0 aliphatic carbocycles. The molecule has 0 aliphatic heterocycles. The summed E-state index contributed by atoms with van der Waals surface area (Å²) in [5, 5.41) is 2.25. The lowest BCUT2D eigenvalue weighted by Crippen LogP contribution is -2.71. The van der Waals surface area contributed by atoms with Crippen molar-refractivity contribution in [3.05, 3.63) is 59.2 Å². The van der Waals surface area contributed by atoms with Gasteiger partial charge in [0.2, 0.25) is 0 Å². The van der Waals surface area contributed by atoms with E-state index in [1.54, 1.807) is 0 Å². The van der Waals surface area contributed by atoms with E-state index in [0.717, 1.165) is 0 Å². The van der Waals surface area contributed by atoms with Crippen molar-refractivity contribution >= 4 is 21.5 Å². The van der Waals surface area contributed by atoms with Gasteiger partial charge in [-0.05, 0) is 32.9 Å². The fourth-order valence-corrected chi connectivity index (χ4v) is 2.13. The van der Waals surface area contributed by atoms with Gasteiger partial charge >= 0.3 is 5.51 Å². The van der Waals surface area contributed by atoms with Crippen LogP contribution in [0.25, 0.3) is 0 Å². The number of nitrogens with two attached hydrogens (primary N) is 1. The van der Waals surface area contributed by atoms with Crippen LogP contribution in [0.5, 0.6) is 0 Å². The molecule has 0 saturated heterocycles. The molecule has 0 atom stereocenters. The minimum absolute atomic E-state index is 1.26. The maximum atomic E-state index is 10.7. The van der Waals surface area contributed by atoms with E-state index >= 15 is 0 Å². The molecule has 2 aromatic carbocycles. The van der Waals surface area contributed by atoms with Crippen LogP contribution in [-0.4, -0.2) is 18.5 Å². The smallest absolute Gasteiger partial charge is 0.485 e. The van der Waals surface area contributed by atoms with Gasteiger partial charge in [-0.15, -0.1) is 0 Å². The summed E-state index contributed by atoms with van der Waals surface area (Å²) in [5.41, 5.74) is 0.991. The van der Waals surface area contributed by atoms with Crippen molar-refractivity contribution in [2.24, 2.45) is 0 Å². The predicted octanol–water partition coefficient (Wildman–Crippen LogP) is 3.19. The fourth-order valence-electron chi connectivity index (χ4n) is 2.13. The van der Waals surface area contributed by atoms with Crippen LogP contribution in [0.2, 0.25) is 0 Å². The molecule has 0 aliphatic rings. The third kappa shape index (κ3) is 5.95. The van der Waals surface area contributed by atoms with Gasteiger partial charge in [-0.2, -0.15) is 13.2 Å². The minimum Gasteiger partial charge on any atom is -0.741 e. The molecule has 8 heteroatoms. The van der Waals surface area contributed by atoms with E-state index < -0.39 is 15.6 Å². The van der Waals surface area contributed by atoms with Crippen molar-refractivity contribution in [3.63, 3.8) is 0 Å². The van der Waals surface area contributed by atoms with Gasteiger partial charge in [-0.1, -0.05) is 35.9 Å². The van der Waals surface area contributed by atoms with Crippen LogP contribution in [-0.2, 0) is 10.1 Å². The predicted molar refractivity (Wildman–Crippen MR) is 84.1 cm³/mol. The molecule has 132 valence electrons. The third-order valence-electron chi connectivity index (χ3n) is 3.13. The molecule has 4 nitrogen and oxygen atoms in total. The molecule has 2 N–H and O–H groups in total. The van der Waals surface area contributed by atoms with Crippen molar-refractivity contribution < 1.29 is 31.5 Å². The Morgan fingerprint density at radius 1 is 0.958 bits per heavy atom. The lowest BCUT2D eigenvalue weighted by molar-refractivity contribution is -0.479. The third-order valence-corrected chi connectivity index (χ3v) is 3.70. The molecular weight excluding hydrogens is 343 g/mol. The molecule has 0 bridgehead atoms. The lowest BCUT2D eigenvalue weighted by Gasteiger charge is -2.08. The highest BCUT2D eigenvalue weighted by Crippen LogP contribution is 2.20. The number of rotatable bonds is 2. The van der Waals surface area contributed by atoms with Crippen molar-refractivity contribution in [2.75, 3.05) is 0 Å². The average Bonchev–Trinajstić information content (AvgIpc) is 2.42. The van der Waals surface area contributed by atoms with E-state index in [9.17, 15) is 13.2 Å². The number of hydrogen-bond donors (Lipinski definition) is 1. The Morgan fingerprint density at radius 3 is 1.75 bits per heavy atom. The number of benzene rings is 2. The normalized spacial score (nSPS) is 11.6. The number of alkyl halides is 3. The standard InChI is InChI=1S/C15H17N.CHF3O3S/c1-11-9-12(2)15(13(3)10-11)16-14-7-5-4-6-8-14;2-1(3,4)8(5,6)7/h4-10,16H,1-3H3;(H,5,6,7). The van der Waals surface area contributed by atoms with E-state index in [-0.39, 0.29) is 0 Å². The van der Waals surface area contributed by atoms with Crippen LogP contribution in [0.3, 0.4) is 0 Å². The Balaban J connectivity index is 0.000000307. The van der Waals surface area contributed by atoms with Gasteiger partial charge in [0.1, 0.15) is 11.4 Å². The van der Waals surface area contributed by atoms with E-state index in [1.165, 1.54) is 28.1 Å². The summed E-state index contributed by atoms with van der Waals surface area (Å²) in [6.07, 6.45) is 0. The summed E-state index contributed by atoms with van der Waals surface area (Å²) in [5.74, 6) is 0. The first-order chi connectivity index (χ1) is 10.9. The highest BCUT2D eigenvalue weighted by molar-refractivity contribution is 7.86. The fraction of sp³-hybridized carbons (Fsp3) is 0.250. The van der Waals surface area contributed by atoms with E-state index in [2.05, 4.69) is 62.5 Å². The van der Waals surface area contributed by atoms with E-state index in [0.29, 0.717) is 0 Å². The number of quaternary nitrogens is 1. The van der Waals surface area contributed by atoms with Crippen LogP contribution in [0, 0.1) is 20.8 Å². The van der Waals surface area contributed by atoms with Crippen molar-refractivity contribution in [1.82, 2.24) is 0 Å². The number of hydrogen-bond acceptors (Lipinski definition) is 3. The molecule has 0 heterocycles. The maximum absolute atomic E-state index is 10.7. The van der Waals surface area contributed by atoms with Crippen LogP contribution in [0.4, 0.5) is 24.5 Å². The quantitative estimate of drug-likeness (QED) is 0.507. The Labute approximate surface area is 139 Å². The Kier molecular flexibility index (Phi) is 6.53. The zero-order chi connectivity index (χ0) is 18.5. The van der Waals surface area contributed by atoms with Gasteiger partial charge in [0, 0.05) is 11.1 Å². The van der Waals surface area contributed by atoms with E-state index in [4.69, 9.17) is 13.0 Å². The first-order valence-corrected chi connectivity index (χ1v) is 8.32. The second kappa shape index (κ2) is 7.78. The van der Waals surface area contributed by atoms with Gasteiger partial charge in [0.05, 0.1) is 0 Å². The highest BCUT2D eigenvalue weighted by atomic mass is 32.2. The number of para-hydroxylation sites is 1. The molecule has 0 aromatic heterocycles. The number of aryl methyl sites for hydroxylation is 3. The SMILES string of the molecule is Cc1cc(C)c([NH2+]c2ccccc2)c(C)c1.O=S(=O)([O-])C(F)(F)F. The van der Waals surface area contributed by atoms with Crippen molar-refractivity contribution in [1.29, 1.82) is 0 Å². The van der Waals surface area contributed by atoms with Crippen LogP contribution >= 0.6 is 0 Å². The van der Waals surface area contributed by atoms with Crippen LogP contribution < -0.4 is 5.32 Å². The summed E-state index contributed by atoms with van der Waals surface area (Å²) in [7, 11) is -6.09. The summed E-state index contributed by atoms with van der Waals surface area (Å²) in [6, 6.07) is 14.9. The summed E-state index contributed by atoms with van der Waals surface area (Å²) >= 11 is 0. The molecule has 0 amide bonds. The van der Waals surface area contributed by atoms with Gasteiger partial charge in [0.15, 0.2) is 10.1 Å². The maximum Gasteiger partial charge on any atom is 0.485 e. The molecule has 0 radical (unpaired) electrons. The second-order valence-corrected chi connectivity index (χ2v) is 6.64. The zero-order valence-electron chi connectivity index (χ0n) is 13.4. The zero-order valence-corrected chi connectivity index (χ0v) is 14.2. The van der Waals surface area contributed by atoms with Gasteiger partial charge in [0.25, 0.3) is 0 Å². The Morgan fingerprint density at radius 2 is 1.38 bits per heavy atom. The first-order valence-electron chi connectivity index (χ1n) is 6.91. The molecule has 24 heavy (non-hydrogen) atoms. The summed E-state index contributed by atoms with van der Waals surface area (Å²) < 4.78 is 58.9. The molecule has 2 aromatic rings. The largest absolute Gasteiger partial charge is 0.741 e. The van der Waals surface area contributed by atoms with Crippen LogP contribution in [0.1, 0.15) is 16.7 Å². The summed E-state index contributed by atoms with van der Waals surface area (Å²) in [6.45, 7) is 6.50. The van der Waals surface area contributed by atoms with Crippen molar-refractivity contribution in [2.45, 2.75) is 26.3 Å². The first kappa shape index (κ1) is 20.1. The minimum atomic E-state index is -6.09. The Bertz CT molecular complexity index is 765. The molecule has 0 fully saturated rings. The van der Waals surface area contributed by atoms with Crippen molar-refractivity contribution in [3.8, 4) is 0 Å².